The fourth-order valence-electron chi connectivity index (χ4n) is 2.75. The molecule has 0 aliphatic carbocycles. The molecular weight excluding hydrogens is 282 g/mol. The highest BCUT2D eigenvalue weighted by Gasteiger charge is 2.16. The third-order valence-electron chi connectivity index (χ3n) is 3.86. The van der Waals surface area contributed by atoms with Crippen molar-refractivity contribution in [2.75, 3.05) is 13.2 Å². The molecule has 2 nitrogen and oxygen atoms in total. The number of rotatable bonds is 4. The Hall–Kier alpha value is -1.51. The van der Waals surface area contributed by atoms with Crippen molar-refractivity contribution in [1.82, 2.24) is 5.32 Å². The number of aryl methyl sites for hydroxylation is 1. The van der Waals surface area contributed by atoms with Crippen molar-refractivity contribution in [3.05, 3.63) is 52.5 Å². The summed E-state index contributed by atoms with van der Waals surface area (Å²) in [7, 11) is 0. The first-order valence-corrected chi connectivity index (χ1v) is 7.91. The smallest absolute Gasteiger partial charge is 0.130 e. The van der Waals surface area contributed by atoms with Crippen LogP contribution in [0.4, 0.5) is 0 Å². The van der Waals surface area contributed by atoms with Crippen molar-refractivity contribution in [3.63, 3.8) is 0 Å². The second-order valence-electron chi connectivity index (χ2n) is 5.33. The zero-order chi connectivity index (χ0) is 14.7. The van der Waals surface area contributed by atoms with Gasteiger partial charge < -0.3 is 10.1 Å². The summed E-state index contributed by atoms with van der Waals surface area (Å²) in [5, 5.41) is 4.14. The molecule has 0 saturated heterocycles. The van der Waals surface area contributed by atoms with Crippen molar-refractivity contribution in [1.29, 1.82) is 0 Å². The molecule has 1 aliphatic heterocycles. The van der Waals surface area contributed by atoms with Crippen LogP contribution in [0, 0.1) is 0 Å². The minimum absolute atomic E-state index is 0.791. The van der Waals surface area contributed by atoms with Gasteiger partial charge in [0, 0.05) is 17.1 Å². The molecule has 0 unspecified atom stereocenters. The summed E-state index contributed by atoms with van der Waals surface area (Å²) in [6, 6.07) is 12.6. The van der Waals surface area contributed by atoms with Gasteiger partial charge in [0.05, 0.1) is 6.61 Å². The number of ether oxygens (including phenoxy) is 1. The average Bonchev–Trinajstić information content (AvgIpc) is 2.54. The van der Waals surface area contributed by atoms with Crippen LogP contribution in [0.2, 0.25) is 5.02 Å². The Morgan fingerprint density at radius 2 is 2.14 bits per heavy atom. The summed E-state index contributed by atoms with van der Waals surface area (Å²) in [5.41, 5.74) is 4.78. The summed E-state index contributed by atoms with van der Waals surface area (Å²) >= 11 is 6.29. The van der Waals surface area contributed by atoms with Gasteiger partial charge in [0.15, 0.2) is 0 Å². The fraction of sp³-hybridized carbons (Fsp3) is 0.333. The molecule has 1 N–H and O–H groups in total. The maximum atomic E-state index is 6.29. The molecule has 0 bridgehead atoms. The average molecular weight is 302 g/mol. The van der Waals surface area contributed by atoms with Gasteiger partial charge in [-0.05, 0) is 48.2 Å². The van der Waals surface area contributed by atoms with E-state index in [4.69, 9.17) is 16.3 Å². The number of nitrogens with one attached hydrogen (secondary N) is 1. The molecule has 2 aromatic rings. The second kappa shape index (κ2) is 6.50. The van der Waals surface area contributed by atoms with E-state index in [0.29, 0.717) is 0 Å². The van der Waals surface area contributed by atoms with E-state index >= 15 is 0 Å². The van der Waals surface area contributed by atoms with E-state index < -0.39 is 0 Å². The molecule has 2 aromatic carbocycles. The molecule has 0 radical (unpaired) electrons. The lowest BCUT2D eigenvalue weighted by Gasteiger charge is -2.21. The van der Waals surface area contributed by atoms with Gasteiger partial charge in [0.2, 0.25) is 0 Å². The lowest BCUT2D eigenvalue weighted by molar-refractivity contribution is 0.289. The van der Waals surface area contributed by atoms with E-state index in [0.717, 1.165) is 48.9 Å². The molecule has 0 atom stereocenters. The molecule has 3 rings (SSSR count). The summed E-state index contributed by atoms with van der Waals surface area (Å²) in [4.78, 5) is 0. The van der Waals surface area contributed by atoms with Crippen molar-refractivity contribution in [3.8, 4) is 16.9 Å². The first-order chi connectivity index (χ1) is 10.3. The summed E-state index contributed by atoms with van der Waals surface area (Å²) < 4.78 is 5.91. The van der Waals surface area contributed by atoms with Crippen molar-refractivity contribution >= 4 is 11.6 Å². The minimum Gasteiger partial charge on any atom is -0.493 e. The van der Waals surface area contributed by atoms with E-state index in [2.05, 4.69) is 42.6 Å². The van der Waals surface area contributed by atoms with Gasteiger partial charge in [-0.2, -0.15) is 0 Å². The molecule has 1 heterocycles. The van der Waals surface area contributed by atoms with Crippen LogP contribution in [0.15, 0.2) is 36.4 Å². The Balaban J connectivity index is 2.00. The summed E-state index contributed by atoms with van der Waals surface area (Å²) in [5.74, 6) is 1.04. The van der Waals surface area contributed by atoms with E-state index in [9.17, 15) is 0 Å². The van der Waals surface area contributed by atoms with Gasteiger partial charge in [-0.3, -0.25) is 0 Å². The molecule has 3 heteroatoms. The molecular formula is C18H20ClNO. The molecule has 1 aliphatic rings. The molecule has 0 aromatic heterocycles. The number of hydrogen-bond acceptors (Lipinski definition) is 2. The van der Waals surface area contributed by atoms with Gasteiger partial charge >= 0.3 is 0 Å². The van der Waals surface area contributed by atoms with Gasteiger partial charge in [-0.15, -0.1) is 0 Å². The predicted molar refractivity (Wildman–Crippen MR) is 88.1 cm³/mol. The maximum Gasteiger partial charge on any atom is 0.130 e. The molecule has 0 amide bonds. The van der Waals surface area contributed by atoms with Crippen LogP contribution in [0.3, 0.4) is 0 Å². The fourth-order valence-corrected chi connectivity index (χ4v) is 2.94. The Labute approximate surface area is 131 Å². The lowest BCUT2D eigenvalue weighted by Crippen LogP contribution is -2.12. The SMILES string of the molecule is CCNCc1cc(-c2cccc3c2OCCC3)ccc1Cl. The number of para-hydroxylation sites is 1. The van der Waals surface area contributed by atoms with E-state index in [1.165, 1.54) is 16.7 Å². The second-order valence-corrected chi connectivity index (χ2v) is 5.74. The zero-order valence-corrected chi connectivity index (χ0v) is 13.0. The maximum absolute atomic E-state index is 6.29. The third kappa shape index (κ3) is 3.07. The molecule has 0 saturated carbocycles. The number of halogens is 1. The highest BCUT2D eigenvalue weighted by Crippen LogP contribution is 2.37. The normalized spacial score (nSPS) is 13.6. The summed E-state index contributed by atoms with van der Waals surface area (Å²) in [6.45, 7) is 4.63. The Morgan fingerprint density at radius 1 is 1.24 bits per heavy atom. The Morgan fingerprint density at radius 3 is 3.00 bits per heavy atom. The number of hydrogen-bond donors (Lipinski definition) is 1. The van der Waals surface area contributed by atoms with Gasteiger partial charge in [-0.1, -0.05) is 42.8 Å². The van der Waals surface area contributed by atoms with Gasteiger partial charge in [0.25, 0.3) is 0 Å². The number of fused-ring (bicyclic) bond motifs is 1. The van der Waals surface area contributed by atoms with Gasteiger partial charge in [-0.25, -0.2) is 0 Å². The van der Waals surface area contributed by atoms with Crippen molar-refractivity contribution in [2.24, 2.45) is 0 Å². The highest BCUT2D eigenvalue weighted by atomic mass is 35.5. The number of benzene rings is 2. The minimum atomic E-state index is 0.791. The van der Waals surface area contributed by atoms with Crippen molar-refractivity contribution in [2.45, 2.75) is 26.3 Å². The third-order valence-corrected chi connectivity index (χ3v) is 4.22. The van der Waals surface area contributed by atoms with E-state index in [1.54, 1.807) is 0 Å². The Kier molecular flexibility index (Phi) is 4.47. The van der Waals surface area contributed by atoms with Crippen LogP contribution >= 0.6 is 11.6 Å². The standard InChI is InChI=1S/C18H20ClNO/c1-2-20-12-15-11-14(8-9-17(15)19)16-7-3-5-13-6-4-10-21-18(13)16/h3,5,7-9,11,20H,2,4,6,10,12H2,1H3. The predicted octanol–water partition coefficient (Wildman–Crippen LogP) is 4.44. The molecule has 0 spiro atoms. The zero-order valence-electron chi connectivity index (χ0n) is 12.3. The van der Waals surface area contributed by atoms with E-state index in [-0.39, 0.29) is 0 Å². The van der Waals surface area contributed by atoms with Gasteiger partial charge in [0.1, 0.15) is 5.75 Å². The first-order valence-electron chi connectivity index (χ1n) is 7.54. The largest absolute Gasteiger partial charge is 0.493 e. The molecule has 110 valence electrons. The first kappa shape index (κ1) is 14.4. The quantitative estimate of drug-likeness (QED) is 0.901. The molecule has 0 fully saturated rings. The van der Waals surface area contributed by atoms with Crippen LogP contribution < -0.4 is 10.1 Å². The Bertz CT molecular complexity index is 639. The van der Waals surface area contributed by atoms with Crippen LogP contribution in [0.25, 0.3) is 11.1 Å². The highest BCUT2D eigenvalue weighted by molar-refractivity contribution is 6.31. The van der Waals surface area contributed by atoms with Crippen LogP contribution in [-0.2, 0) is 13.0 Å². The summed E-state index contributed by atoms with van der Waals surface area (Å²) in [6.07, 6.45) is 2.20. The van der Waals surface area contributed by atoms with Crippen LogP contribution in [0.5, 0.6) is 5.75 Å². The topological polar surface area (TPSA) is 21.3 Å². The van der Waals surface area contributed by atoms with Crippen LogP contribution in [-0.4, -0.2) is 13.2 Å². The molecule has 21 heavy (non-hydrogen) atoms. The lowest BCUT2D eigenvalue weighted by atomic mass is 9.96. The van der Waals surface area contributed by atoms with Crippen molar-refractivity contribution < 1.29 is 4.74 Å². The van der Waals surface area contributed by atoms with E-state index in [1.807, 2.05) is 6.07 Å². The van der Waals surface area contributed by atoms with Crippen LogP contribution in [0.1, 0.15) is 24.5 Å². The monoisotopic (exact) mass is 301 g/mol.